The van der Waals surface area contributed by atoms with E-state index in [1.54, 1.807) is 4.90 Å². The fraction of sp³-hybridized carbons (Fsp3) is 0.647. The Balaban J connectivity index is 1.51. The van der Waals surface area contributed by atoms with Crippen molar-refractivity contribution in [3.8, 4) is 0 Å². The number of rotatable bonds is 4. The maximum absolute atomic E-state index is 12.4. The van der Waals surface area contributed by atoms with Gasteiger partial charge in [-0.2, -0.15) is 0 Å². The second-order valence-electron chi connectivity index (χ2n) is 6.41. The number of piperidine rings is 1. The standard InChI is InChI=1S/C17H24N2O4/c1-22-17(21)12-10-15(23-11-12)16(20)19-8-6-14(7-9-19)18-13-4-2-3-5-13/h10-11,13-14,18H,2-9H2,1H3. The molecule has 1 aliphatic heterocycles. The zero-order chi connectivity index (χ0) is 16.2. The van der Waals surface area contributed by atoms with Crippen LogP contribution in [0, 0.1) is 0 Å². The molecule has 6 nitrogen and oxygen atoms in total. The number of carbonyl (C=O) groups is 2. The lowest BCUT2D eigenvalue weighted by Crippen LogP contribution is -2.47. The molecule has 0 radical (unpaired) electrons. The van der Waals surface area contributed by atoms with Crippen molar-refractivity contribution < 1.29 is 18.7 Å². The van der Waals surface area contributed by atoms with Crippen LogP contribution in [-0.4, -0.2) is 49.1 Å². The Morgan fingerprint density at radius 1 is 1.17 bits per heavy atom. The van der Waals surface area contributed by atoms with Gasteiger partial charge in [-0.1, -0.05) is 12.8 Å². The first-order chi connectivity index (χ1) is 11.2. The number of methoxy groups -OCH3 is 1. The number of hydrogen-bond donors (Lipinski definition) is 1. The largest absolute Gasteiger partial charge is 0.465 e. The van der Waals surface area contributed by atoms with Crippen LogP contribution in [-0.2, 0) is 4.74 Å². The fourth-order valence-electron chi connectivity index (χ4n) is 3.50. The van der Waals surface area contributed by atoms with Crippen LogP contribution in [0.4, 0.5) is 0 Å². The van der Waals surface area contributed by atoms with Crippen LogP contribution in [0.2, 0.25) is 0 Å². The van der Waals surface area contributed by atoms with Gasteiger partial charge in [-0.05, 0) is 25.7 Å². The van der Waals surface area contributed by atoms with E-state index in [2.05, 4.69) is 10.1 Å². The second kappa shape index (κ2) is 7.17. The highest BCUT2D eigenvalue weighted by Gasteiger charge is 2.27. The lowest BCUT2D eigenvalue weighted by molar-refractivity contribution is 0.0599. The van der Waals surface area contributed by atoms with E-state index in [1.165, 1.54) is 45.1 Å². The normalized spacial score (nSPS) is 20.0. The average Bonchev–Trinajstić information content (AvgIpc) is 3.26. The number of ether oxygens (including phenoxy) is 1. The monoisotopic (exact) mass is 320 g/mol. The third kappa shape index (κ3) is 3.75. The van der Waals surface area contributed by atoms with Gasteiger partial charge in [0.1, 0.15) is 6.26 Å². The summed E-state index contributed by atoms with van der Waals surface area (Å²) in [7, 11) is 1.30. The summed E-state index contributed by atoms with van der Waals surface area (Å²) in [4.78, 5) is 25.7. The first-order valence-corrected chi connectivity index (χ1v) is 8.39. The van der Waals surface area contributed by atoms with Crippen molar-refractivity contribution in [2.24, 2.45) is 0 Å². The number of hydrogen-bond acceptors (Lipinski definition) is 5. The first-order valence-electron chi connectivity index (χ1n) is 8.39. The van der Waals surface area contributed by atoms with Gasteiger partial charge >= 0.3 is 5.97 Å². The molecule has 6 heteroatoms. The molecule has 1 aliphatic carbocycles. The number of nitrogens with one attached hydrogen (secondary N) is 1. The highest BCUT2D eigenvalue weighted by atomic mass is 16.5. The maximum Gasteiger partial charge on any atom is 0.341 e. The van der Waals surface area contributed by atoms with E-state index in [0.717, 1.165) is 25.9 Å². The Labute approximate surface area is 136 Å². The lowest BCUT2D eigenvalue weighted by Gasteiger charge is -2.33. The number of likely N-dealkylation sites (tertiary alicyclic amines) is 1. The molecule has 1 saturated heterocycles. The molecule has 1 aromatic heterocycles. The molecule has 2 aliphatic rings. The summed E-state index contributed by atoms with van der Waals surface area (Å²) < 4.78 is 9.85. The van der Waals surface area contributed by atoms with Crippen LogP contribution in [0.1, 0.15) is 59.4 Å². The minimum Gasteiger partial charge on any atom is -0.465 e. The molecule has 2 heterocycles. The molecule has 1 N–H and O–H groups in total. The Morgan fingerprint density at radius 2 is 1.83 bits per heavy atom. The van der Waals surface area contributed by atoms with Gasteiger partial charge in [0.25, 0.3) is 5.91 Å². The summed E-state index contributed by atoms with van der Waals surface area (Å²) in [6, 6.07) is 2.62. The van der Waals surface area contributed by atoms with Crippen molar-refractivity contribution in [3.05, 3.63) is 23.7 Å². The third-order valence-corrected chi connectivity index (χ3v) is 4.84. The third-order valence-electron chi connectivity index (χ3n) is 4.84. The van der Waals surface area contributed by atoms with E-state index < -0.39 is 5.97 Å². The van der Waals surface area contributed by atoms with E-state index in [1.807, 2.05) is 0 Å². The zero-order valence-corrected chi connectivity index (χ0v) is 13.5. The van der Waals surface area contributed by atoms with Gasteiger partial charge in [0, 0.05) is 31.2 Å². The van der Waals surface area contributed by atoms with Crippen molar-refractivity contribution in [2.75, 3.05) is 20.2 Å². The van der Waals surface area contributed by atoms with Crippen molar-refractivity contribution in [1.29, 1.82) is 0 Å². The molecule has 0 aromatic carbocycles. The molecule has 126 valence electrons. The highest BCUT2D eigenvalue weighted by molar-refractivity contribution is 5.96. The average molecular weight is 320 g/mol. The summed E-state index contributed by atoms with van der Waals surface area (Å²) in [5.41, 5.74) is 0.272. The van der Waals surface area contributed by atoms with Crippen LogP contribution < -0.4 is 5.32 Å². The van der Waals surface area contributed by atoms with Gasteiger partial charge in [-0.25, -0.2) is 4.79 Å². The van der Waals surface area contributed by atoms with Crippen molar-refractivity contribution in [3.63, 3.8) is 0 Å². The molecule has 0 bridgehead atoms. The topological polar surface area (TPSA) is 71.8 Å². The maximum atomic E-state index is 12.4. The highest BCUT2D eigenvalue weighted by Crippen LogP contribution is 2.21. The van der Waals surface area contributed by atoms with Gasteiger partial charge in [0.2, 0.25) is 0 Å². The molecule has 0 atom stereocenters. The molecule has 0 unspecified atom stereocenters. The van der Waals surface area contributed by atoms with E-state index in [4.69, 9.17) is 4.42 Å². The summed E-state index contributed by atoms with van der Waals surface area (Å²) in [5, 5.41) is 3.72. The fourth-order valence-corrected chi connectivity index (χ4v) is 3.50. The lowest BCUT2D eigenvalue weighted by atomic mass is 10.0. The van der Waals surface area contributed by atoms with Crippen molar-refractivity contribution >= 4 is 11.9 Å². The van der Waals surface area contributed by atoms with Gasteiger partial charge in [0.05, 0.1) is 12.7 Å². The summed E-state index contributed by atoms with van der Waals surface area (Å²) >= 11 is 0. The molecular formula is C17H24N2O4. The summed E-state index contributed by atoms with van der Waals surface area (Å²) in [5.74, 6) is -0.445. The van der Waals surface area contributed by atoms with Gasteiger partial charge in [-0.15, -0.1) is 0 Å². The molecule has 1 amide bonds. The first kappa shape index (κ1) is 16.1. The smallest absolute Gasteiger partial charge is 0.341 e. The van der Waals surface area contributed by atoms with Crippen molar-refractivity contribution in [1.82, 2.24) is 10.2 Å². The van der Waals surface area contributed by atoms with Crippen LogP contribution in [0.25, 0.3) is 0 Å². The Kier molecular flexibility index (Phi) is 5.00. The van der Waals surface area contributed by atoms with Crippen LogP contribution in [0.3, 0.4) is 0 Å². The summed E-state index contributed by atoms with van der Waals surface area (Å²) in [6.07, 6.45) is 8.42. The SMILES string of the molecule is COC(=O)c1coc(C(=O)N2CCC(NC3CCCC3)CC2)c1. The quantitative estimate of drug-likeness (QED) is 0.861. The molecular weight excluding hydrogens is 296 g/mol. The van der Waals surface area contributed by atoms with Gasteiger partial charge in [0.15, 0.2) is 5.76 Å². The van der Waals surface area contributed by atoms with Crippen LogP contribution in [0.5, 0.6) is 0 Å². The Hall–Kier alpha value is -1.82. The number of amides is 1. The van der Waals surface area contributed by atoms with Gasteiger partial charge in [-0.3, -0.25) is 4.79 Å². The number of furan rings is 1. The molecule has 3 rings (SSSR count). The minimum absolute atomic E-state index is 0.153. The van der Waals surface area contributed by atoms with E-state index in [0.29, 0.717) is 12.1 Å². The van der Waals surface area contributed by atoms with Crippen LogP contribution >= 0.6 is 0 Å². The molecule has 23 heavy (non-hydrogen) atoms. The van der Waals surface area contributed by atoms with E-state index in [-0.39, 0.29) is 17.2 Å². The van der Waals surface area contributed by atoms with Crippen LogP contribution in [0.15, 0.2) is 16.7 Å². The predicted octanol–water partition coefficient (Wildman–Crippen LogP) is 2.20. The Morgan fingerprint density at radius 3 is 2.48 bits per heavy atom. The minimum atomic E-state index is -0.493. The molecule has 1 saturated carbocycles. The number of carbonyl (C=O) groups excluding carboxylic acids is 2. The molecule has 1 aromatic rings. The van der Waals surface area contributed by atoms with E-state index >= 15 is 0 Å². The summed E-state index contributed by atoms with van der Waals surface area (Å²) in [6.45, 7) is 1.44. The molecule has 0 spiro atoms. The number of esters is 1. The van der Waals surface area contributed by atoms with E-state index in [9.17, 15) is 9.59 Å². The molecule has 2 fully saturated rings. The van der Waals surface area contributed by atoms with Crippen molar-refractivity contribution in [2.45, 2.75) is 50.6 Å². The zero-order valence-electron chi connectivity index (χ0n) is 13.5. The second-order valence-corrected chi connectivity index (χ2v) is 6.41. The number of nitrogens with zero attached hydrogens (tertiary/aromatic N) is 1. The van der Waals surface area contributed by atoms with Gasteiger partial charge < -0.3 is 19.4 Å². The Bertz CT molecular complexity index is 555. The predicted molar refractivity (Wildman–Crippen MR) is 84.4 cm³/mol.